The first kappa shape index (κ1) is 17.0. The van der Waals surface area contributed by atoms with Crippen LogP contribution in [0.15, 0.2) is 29.0 Å². The van der Waals surface area contributed by atoms with Crippen LogP contribution in [0.2, 0.25) is 0 Å². The Morgan fingerprint density at radius 1 is 1.42 bits per heavy atom. The lowest BCUT2D eigenvalue weighted by molar-refractivity contribution is 0.0292. The summed E-state index contributed by atoms with van der Waals surface area (Å²) in [4.78, 5) is 18.1. The van der Waals surface area contributed by atoms with E-state index in [9.17, 15) is 4.79 Å². The van der Waals surface area contributed by atoms with Crippen LogP contribution < -0.4 is 0 Å². The van der Waals surface area contributed by atoms with Crippen molar-refractivity contribution in [2.45, 2.75) is 38.7 Å². The highest BCUT2D eigenvalue weighted by atomic mass is 79.9. The summed E-state index contributed by atoms with van der Waals surface area (Å²) in [6, 6.07) is 5.90. The molecular weight excluding hydrogens is 372 g/mol. The summed E-state index contributed by atoms with van der Waals surface area (Å²) in [6.45, 7) is 7.00. The predicted octanol–water partition coefficient (Wildman–Crippen LogP) is 3.96. The number of carbonyl (C=O) groups is 1. The molecule has 0 bridgehead atoms. The highest BCUT2D eigenvalue weighted by Crippen LogP contribution is 2.29. The highest BCUT2D eigenvalue weighted by molar-refractivity contribution is 9.10. The number of pyridine rings is 1. The topological polar surface area (TPSA) is 71.1 Å². The van der Waals surface area contributed by atoms with Crippen LogP contribution in [0.4, 0.5) is 4.79 Å². The number of nitrogens with one attached hydrogen (secondary N) is 1. The summed E-state index contributed by atoms with van der Waals surface area (Å²) in [6.07, 6.45) is 2.40. The number of rotatable bonds is 2. The average molecular weight is 393 g/mol. The molecule has 1 atom stereocenters. The molecule has 3 heterocycles. The maximum atomic E-state index is 12.2. The number of carbonyl (C=O) groups excluding carboxylic acids is 1. The van der Waals surface area contributed by atoms with Crippen LogP contribution in [0.5, 0.6) is 0 Å². The van der Waals surface area contributed by atoms with Crippen molar-refractivity contribution in [1.82, 2.24) is 20.1 Å². The van der Waals surface area contributed by atoms with Crippen LogP contribution in [0.3, 0.4) is 0 Å². The molecule has 3 rings (SSSR count). The van der Waals surface area contributed by atoms with E-state index < -0.39 is 5.60 Å². The Morgan fingerprint density at radius 3 is 2.92 bits per heavy atom. The molecule has 0 aromatic carbocycles. The standard InChI is InChI=1S/C17H21BrN4O2/c1-17(2,3)24-16(23)22-7-5-12(10-22)14-9-13(20-21-14)11-4-6-19-15(18)8-11/h4,6,8-9,12H,5,7,10H2,1-3H3,(H,20,21)/t12-/m1/s1. The molecule has 2 aromatic rings. The minimum absolute atomic E-state index is 0.247. The molecule has 2 aromatic heterocycles. The van der Waals surface area contributed by atoms with Crippen molar-refractivity contribution in [3.63, 3.8) is 0 Å². The van der Waals surface area contributed by atoms with E-state index >= 15 is 0 Å². The second-order valence-electron chi connectivity index (χ2n) is 6.99. The molecule has 1 saturated heterocycles. The summed E-state index contributed by atoms with van der Waals surface area (Å²) in [5, 5.41) is 7.50. The smallest absolute Gasteiger partial charge is 0.410 e. The molecule has 0 radical (unpaired) electrons. The second kappa shape index (κ2) is 6.55. The van der Waals surface area contributed by atoms with Crippen molar-refractivity contribution >= 4 is 22.0 Å². The number of likely N-dealkylation sites (tertiary alicyclic amines) is 1. The van der Waals surface area contributed by atoms with Crippen LogP contribution >= 0.6 is 15.9 Å². The minimum atomic E-state index is -0.467. The van der Waals surface area contributed by atoms with Crippen LogP contribution in [-0.4, -0.2) is 44.9 Å². The lowest BCUT2D eigenvalue weighted by Gasteiger charge is -2.24. The first-order valence-corrected chi connectivity index (χ1v) is 8.76. The van der Waals surface area contributed by atoms with Gasteiger partial charge in [0.25, 0.3) is 0 Å². The summed E-state index contributed by atoms with van der Waals surface area (Å²) >= 11 is 3.37. The van der Waals surface area contributed by atoms with Gasteiger partial charge >= 0.3 is 6.09 Å². The third kappa shape index (κ3) is 3.95. The van der Waals surface area contributed by atoms with Crippen molar-refractivity contribution in [3.05, 3.63) is 34.7 Å². The van der Waals surface area contributed by atoms with Gasteiger partial charge in [0.15, 0.2) is 0 Å². The molecular formula is C17H21BrN4O2. The van der Waals surface area contributed by atoms with Crippen molar-refractivity contribution in [1.29, 1.82) is 0 Å². The minimum Gasteiger partial charge on any atom is -0.444 e. The molecule has 0 aliphatic carbocycles. The fourth-order valence-electron chi connectivity index (χ4n) is 2.76. The molecule has 0 unspecified atom stereocenters. The molecule has 0 saturated carbocycles. The number of amides is 1. The number of ether oxygens (including phenoxy) is 1. The summed E-state index contributed by atoms with van der Waals surface area (Å²) in [5.41, 5.74) is 2.46. The third-order valence-corrected chi connectivity index (χ3v) is 4.33. The molecule has 1 amide bonds. The zero-order valence-electron chi connectivity index (χ0n) is 14.0. The lowest BCUT2D eigenvalue weighted by atomic mass is 10.0. The molecule has 6 nitrogen and oxygen atoms in total. The number of hydrogen-bond donors (Lipinski definition) is 1. The number of nitrogens with zero attached hydrogens (tertiary/aromatic N) is 3. The first-order chi connectivity index (χ1) is 11.3. The SMILES string of the molecule is CC(C)(C)OC(=O)N1CC[C@@H](c2cc(-c3ccnc(Br)c3)n[nH]2)C1. The van der Waals surface area contributed by atoms with E-state index in [2.05, 4.69) is 31.1 Å². The van der Waals surface area contributed by atoms with E-state index in [1.807, 2.05) is 39.0 Å². The normalized spacial score (nSPS) is 18.0. The van der Waals surface area contributed by atoms with Crippen LogP contribution in [0.1, 0.15) is 38.8 Å². The molecule has 1 fully saturated rings. The Labute approximate surface area is 149 Å². The Bertz CT molecular complexity index is 738. The van der Waals surface area contributed by atoms with Gasteiger partial charge in [-0.2, -0.15) is 5.10 Å². The molecule has 1 aliphatic rings. The van der Waals surface area contributed by atoms with Gasteiger partial charge in [0.2, 0.25) is 0 Å². The van der Waals surface area contributed by atoms with Gasteiger partial charge in [-0.05, 0) is 61.3 Å². The molecule has 128 valence electrons. The van der Waals surface area contributed by atoms with Gasteiger partial charge < -0.3 is 9.64 Å². The van der Waals surface area contributed by atoms with E-state index in [1.165, 1.54) is 0 Å². The number of H-pyrrole nitrogens is 1. The van der Waals surface area contributed by atoms with Gasteiger partial charge in [-0.3, -0.25) is 5.10 Å². The summed E-state index contributed by atoms with van der Waals surface area (Å²) < 4.78 is 6.22. The van der Waals surface area contributed by atoms with Crippen LogP contribution in [0.25, 0.3) is 11.3 Å². The molecule has 7 heteroatoms. The zero-order chi connectivity index (χ0) is 17.3. The first-order valence-electron chi connectivity index (χ1n) is 7.97. The Hall–Kier alpha value is -1.89. The Kier molecular flexibility index (Phi) is 4.62. The molecule has 1 N–H and O–H groups in total. The third-order valence-electron chi connectivity index (χ3n) is 3.90. The van der Waals surface area contributed by atoms with Crippen LogP contribution in [-0.2, 0) is 4.74 Å². The average Bonchev–Trinajstić information content (AvgIpc) is 3.15. The van der Waals surface area contributed by atoms with Gasteiger partial charge in [0, 0.05) is 36.5 Å². The van der Waals surface area contributed by atoms with E-state index in [4.69, 9.17) is 4.74 Å². The summed E-state index contributed by atoms with van der Waals surface area (Å²) in [5.74, 6) is 0.254. The Balaban J connectivity index is 1.68. The van der Waals surface area contributed by atoms with Gasteiger partial charge in [-0.25, -0.2) is 9.78 Å². The number of aromatic amines is 1. The molecule has 1 aliphatic heterocycles. The van der Waals surface area contributed by atoms with E-state index in [-0.39, 0.29) is 12.0 Å². The van der Waals surface area contributed by atoms with Crippen LogP contribution in [0, 0.1) is 0 Å². The number of halogens is 1. The monoisotopic (exact) mass is 392 g/mol. The molecule has 0 spiro atoms. The quantitative estimate of drug-likeness (QED) is 0.785. The van der Waals surface area contributed by atoms with E-state index in [0.717, 1.165) is 28.0 Å². The maximum absolute atomic E-state index is 12.2. The number of aromatic nitrogens is 3. The van der Waals surface area contributed by atoms with Gasteiger partial charge in [0.05, 0.1) is 5.69 Å². The largest absolute Gasteiger partial charge is 0.444 e. The highest BCUT2D eigenvalue weighted by Gasteiger charge is 2.31. The zero-order valence-corrected chi connectivity index (χ0v) is 15.6. The number of hydrogen-bond acceptors (Lipinski definition) is 4. The lowest BCUT2D eigenvalue weighted by Crippen LogP contribution is -2.35. The van der Waals surface area contributed by atoms with Crippen molar-refractivity contribution in [3.8, 4) is 11.3 Å². The van der Waals surface area contributed by atoms with Gasteiger partial charge in [0.1, 0.15) is 10.2 Å². The van der Waals surface area contributed by atoms with E-state index in [1.54, 1.807) is 11.1 Å². The fraction of sp³-hybridized carbons (Fsp3) is 0.471. The van der Waals surface area contributed by atoms with Crippen molar-refractivity contribution in [2.24, 2.45) is 0 Å². The van der Waals surface area contributed by atoms with Gasteiger partial charge in [-0.15, -0.1) is 0 Å². The van der Waals surface area contributed by atoms with E-state index in [0.29, 0.717) is 13.1 Å². The fourth-order valence-corrected chi connectivity index (χ4v) is 3.13. The Morgan fingerprint density at radius 2 is 2.21 bits per heavy atom. The van der Waals surface area contributed by atoms with Gasteiger partial charge in [-0.1, -0.05) is 0 Å². The summed E-state index contributed by atoms with van der Waals surface area (Å²) in [7, 11) is 0. The maximum Gasteiger partial charge on any atom is 0.410 e. The van der Waals surface area contributed by atoms with Crippen molar-refractivity contribution < 1.29 is 9.53 Å². The van der Waals surface area contributed by atoms with Crippen molar-refractivity contribution in [2.75, 3.05) is 13.1 Å². The molecule has 24 heavy (non-hydrogen) atoms. The predicted molar refractivity (Wildman–Crippen MR) is 94.7 cm³/mol. The second-order valence-corrected chi connectivity index (χ2v) is 7.80.